The first-order chi connectivity index (χ1) is 15.8. The van der Waals surface area contributed by atoms with Gasteiger partial charge in [-0.15, -0.1) is 5.10 Å². The number of fused-ring (bicyclic) bond motifs is 1. The largest absolute Gasteiger partial charge is 0.366 e. The number of benzene rings is 1. The third-order valence-corrected chi connectivity index (χ3v) is 5.93. The summed E-state index contributed by atoms with van der Waals surface area (Å²) in [4.78, 5) is 23.8. The number of hydrogen-bond acceptors (Lipinski definition) is 8. The predicted molar refractivity (Wildman–Crippen MR) is 119 cm³/mol. The summed E-state index contributed by atoms with van der Waals surface area (Å²) in [5.41, 5.74) is 1.70. The van der Waals surface area contributed by atoms with E-state index in [1.54, 1.807) is 39.0 Å². The molecule has 4 aromatic rings. The van der Waals surface area contributed by atoms with E-state index in [-0.39, 0.29) is 21.8 Å². The minimum atomic E-state index is -0.517. The molecule has 1 aromatic carbocycles. The van der Waals surface area contributed by atoms with Gasteiger partial charge in [0.1, 0.15) is 11.9 Å². The van der Waals surface area contributed by atoms with Crippen LogP contribution in [0.25, 0.3) is 16.8 Å². The Morgan fingerprint density at radius 1 is 1.15 bits per heavy atom. The normalized spacial score (nSPS) is 16.5. The van der Waals surface area contributed by atoms with Gasteiger partial charge in [-0.2, -0.15) is 9.50 Å². The van der Waals surface area contributed by atoms with Gasteiger partial charge in [-0.05, 0) is 38.1 Å². The first kappa shape index (κ1) is 21.5. The van der Waals surface area contributed by atoms with Crippen LogP contribution >= 0.6 is 11.6 Å². The van der Waals surface area contributed by atoms with E-state index in [0.717, 1.165) is 0 Å². The van der Waals surface area contributed by atoms with E-state index in [4.69, 9.17) is 20.9 Å². The maximum atomic E-state index is 14.9. The lowest BCUT2D eigenvalue weighted by Gasteiger charge is -2.32. The molecule has 170 valence electrons. The van der Waals surface area contributed by atoms with E-state index >= 15 is 0 Å². The Morgan fingerprint density at radius 2 is 1.97 bits per heavy atom. The number of halogens is 2. The molecule has 1 aliphatic rings. The van der Waals surface area contributed by atoms with Gasteiger partial charge in [-0.1, -0.05) is 16.8 Å². The highest BCUT2D eigenvalue weighted by atomic mass is 35.5. The highest BCUT2D eigenvalue weighted by Crippen LogP contribution is 2.32. The van der Waals surface area contributed by atoms with Crippen molar-refractivity contribution in [3.05, 3.63) is 68.4 Å². The molecule has 1 saturated heterocycles. The number of aryl methyl sites for hydroxylation is 2. The Bertz CT molecular complexity index is 1440. The van der Waals surface area contributed by atoms with Crippen molar-refractivity contribution in [2.24, 2.45) is 0 Å². The van der Waals surface area contributed by atoms with Crippen molar-refractivity contribution in [1.29, 1.82) is 0 Å². The number of hydrogen-bond donors (Lipinski definition) is 0. The Balaban J connectivity index is 1.67. The Labute approximate surface area is 192 Å². The standard InChI is InChI=1S/C22H20ClFN6O3/c1-11-12(2)25-21-16(15-5-4-14(23)8-17(15)24)9-19(27-30(21)22(11)31)29-6-7-32-18(10-29)20-26-13(3)33-28-20/h4-5,8-9,18H,6-7,10H2,1-3H3. The Hall–Kier alpha value is -3.37. The number of aromatic nitrogens is 5. The van der Waals surface area contributed by atoms with Crippen LogP contribution < -0.4 is 10.5 Å². The third-order valence-electron chi connectivity index (χ3n) is 5.69. The summed E-state index contributed by atoms with van der Waals surface area (Å²) in [5, 5.41) is 8.80. The van der Waals surface area contributed by atoms with Crippen LogP contribution in [-0.4, -0.2) is 44.4 Å². The molecule has 4 heterocycles. The van der Waals surface area contributed by atoms with E-state index in [9.17, 15) is 9.18 Å². The zero-order valence-corrected chi connectivity index (χ0v) is 18.9. The highest BCUT2D eigenvalue weighted by Gasteiger charge is 2.28. The number of ether oxygens (including phenoxy) is 1. The molecule has 0 N–H and O–H groups in total. The van der Waals surface area contributed by atoms with E-state index in [0.29, 0.717) is 54.1 Å². The lowest BCUT2D eigenvalue weighted by atomic mass is 10.1. The summed E-state index contributed by atoms with van der Waals surface area (Å²) in [5.74, 6) is 0.842. The van der Waals surface area contributed by atoms with Gasteiger partial charge in [0.05, 0.1) is 13.2 Å². The second kappa shape index (κ2) is 8.20. The maximum Gasteiger partial charge on any atom is 0.277 e. The summed E-state index contributed by atoms with van der Waals surface area (Å²) >= 11 is 5.96. The molecule has 9 nitrogen and oxygen atoms in total. The van der Waals surface area contributed by atoms with Gasteiger partial charge in [0.25, 0.3) is 5.56 Å². The van der Waals surface area contributed by atoms with Gasteiger partial charge in [0, 0.05) is 40.9 Å². The average molecular weight is 471 g/mol. The molecule has 0 radical (unpaired) electrons. The van der Waals surface area contributed by atoms with Crippen LogP contribution in [-0.2, 0) is 4.74 Å². The van der Waals surface area contributed by atoms with Crippen molar-refractivity contribution >= 4 is 23.1 Å². The minimum absolute atomic E-state index is 0.270. The van der Waals surface area contributed by atoms with E-state index in [1.807, 2.05) is 4.90 Å². The van der Waals surface area contributed by atoms with Gasteiger partial charge < -0.3 is 14.2 Å². The summed E-state index contributed by atoms with van der Waals surface area (Å²) in [7, 11) is 0. The molecule has 0 bridgehead atoms. The van der Waals surface area contributed by atoms with Gasteiger partial charge in [-0.3, -0.25) is 4.79 Å². The van der Waals surface area contributed by atoms with Crippen molar-refractivity contribution in [3.8, 4) is 11.1 Å². The fourth-order valence-electron chi connectivity index (χ4n) is 3.81. The molecular weight excluding hydrogens is 451 g/mol. The van der Waals surface area contributed by atoms with Crippen LogP contribution in [0.1, 0.15) is 29.1 Å². The second-order valence-electron chi connectivity index (χ2n) is 7.88. The molecule has 1 aliphatic heterocycles. The third kappa shape index (κ3) is 3.85. The molecule has 0 spiro atoms. The zero-order valence-electron chi connectivity index (χ0n) is 18.2. The zero-order chi connectivity index (χ0) is 23.3. The number of anilines is 1. The van der Waals surface area contributed by atoms with Gasteiger partial charge in [-0.25, -0.2) is 9.37 Å². The molecule has 0 saturated carbocycles. The SMILES string of the molecule is Cc1nc(C2CN(c3cc(-c4ccc(Cl)cc4F)c4nc(C)c(C)c(=O)n4n3)CCO2)no1. The summed E-state index contributed by atoms with van der Waals surface area (Å²) < 4.78 is 27.0. The van der Waals surface area contributed by atoms with Crippen molar-refractivity contribution < 1.29 is 13.7 Å². The fourth-order valence-corrected chi connectivity index (χ4v) is 3.97. The molecule has 1 atom stereocenters. The monoisotopic (exact) mass is 470 g/mol. The molecule has 11 heteroatoms. The quantitative estimate of drug-likeness (QED) is 0.449. The summed E-state index contributed by atoms with van der Waals surface area (Å²) in [6.45, 7) is 6.43. The number of rotatable bonds is 3. The molecule has 1 unspecified atom stereocenters. The van der Waals surface area contributed by atoms with Gasteiger partial charge in [0.2, 0.25) is 11.7 Å². The molecule has 33 heavy (non-hydrogen) atoms. The van der Waals surface area contributed by atoms with Crippen molar-refractivity contribution in [2.75, 3.05) is 24.6 Å². The molecule has 3 aromatic heterocycles. The van der Waals surface area contributed by atoms with Crippen LogP contribution in [0.5, 0.6) is 0 Å². The molecule has 0 amide bonds. The van der Waals surface area contributed by atoms with E-state index < -0.39 is 11.9 Å². The molecule has 5 rings (SSSR count). The first-order valence-electron chi connectivity index (χ1n) is 10.4. The van der Waals surface area contributed by atoms with Crippen molar-refractivity contribution in [3.63, 3.8) is 0 Å². The highest BCUT2D eigenvalue weighted by molar-refractivity contribution is 6.30. The van der Waals surface area contributed by atoms with Crippen molar-refractivity contribution in [1.82, 2.24) is 24.7 Å². The minimum Gasteiger partial charge on any atom is -0.366 e. The molecule has 1 fully saturated rings. The molecule has 0 aliphatic carbocycles. The van der Waals surface area contributed by atoms with Gasteiger partial charge in [0.15, 0.2) is 11.5 Å². The van der Waals surface area contributed by atoms with E-state index in [1.165, 1.54) is 10.6 Å². The lowest BCUT2D eigenvalue weighted by Crippen LogP contribution is -2.40. The van der Waals surface area contributed by atoms with Crippen LogP contribution in [0.3, 0.4) is 0 Å². The Kier molecular flexibility index (Phi) is 5.34. The predicted octanol–water partition coefficient (Wildman–Crippen LogP) is 3.44. The van der Waals surface area contributed by atoms with Crippen molar-refractivity contribution in [2.45, 2.75) is 26.9 Å². The first-order valence-corrected chi connectivity index (χ1v) is 10.7. The average Bonchev–Trinajstić information content (AvgIpc) is 3.24. The molecular formula is C22H20ClFN6O3. The number of morpholine rings is 1. The number of nitrogens with zero attached hydrogens (tertiary/aromatic N) is 6. The summed E-state index contributed by atoms with van der Waals surface area (Å²) in [6, 6.07) is 6.13. The smallest absolute Gasteiger partial charge is 0.277 e. The topological polar surface area (TPSA) is 98.7 Å². The van der Waals surface area contributed by atoms with Crippen LogP contribution in [0, 0.1) is 26.6 Å². The van der Waals surface area contributed by atoms with Gasteiger partial charge >= 0.3 is 0 Å². The van der Waals surface area contributed by atoms with Crippen LogP contribution in [0.15, 0.2) is 33.6 Å². The lowest BCUT2D eigenvalue weighted by molar-refractivity contribution is 0.0323. The van der Waals surface area contributed by atoms with E-state index in [2.05, 4.69) is 20.2 Å². The second-order valence-corrected chi connectivity index (χ2v) is 8.32. The maximum absolute atomic E-state index is 14.9. The van der Waals surface area contributed by atoms with Crippen LogP contribution in [0.2, 0.25) is 5.02 Å². The Morgan fingerprint density at radius 3 is 2.70 bits per heavy atom. The fraction of sp³-hybridized carbons (Fsp3) is 0.318. The summed E-state index contributed by atoms with van der Waals surface area (Å²) in [6.07, 6.45) is -0.431. The van der Waals surface area contributed by atoms with Crippen LogP contribution in [0.4, 0.5) is 10.2 Å².